The first-order valence-corrected chi connectivity index (χ1v) is 4.91. The van der Waals surface area contributed by atoms with E-state index >= 15 is 0 Å². The highest BCUT2D eigenvalue weighted by molar-refractivity contribution is 4.48. The summed E-state index contributed by atoms with van der Waals surface area (Å²) < 4.78 is 0. The van der Waals surface area contributed by atoms with E-state index in [0.29, 0.717) is 5.06 Å². The van der Waals surface area contributed by atoms with Gasteiger partial charge < -0.3 is 10.3 Å². The number of quaternary nitrogens is 1. The summed E-state index contributed by atoms with van der Waals surface area (Å²) in [5, 5.41) is 11.6. The van der Waals surface area contributed by atoms with Crippen molar-refractivity contribution in [3.63, 3.8) is 0 Å². The van der Waals surface area contributed by atoms with Crippen LogP contribution in [0.15, 0.2) is 0 Å². The van der Waals surface area contributed by atoms with Crippen LogP contribution in [-0.4, -0.2) is 13.1 Å². The van der Waals surface area contributed by atoms with Gasteiger partial charge in [0, 0.05) is 0 Å². The molecule has 0 spiro atoms. The summed E-state index contributed by atoms with van der Waals surface area (Å²) in [7, 11) is 0. The largest absolute Gasteiger partial charge is 0.634 e. The fourth-order valence-electron chi connectivity index (χ4n) is 1.65. The van der Waals surface area contributed by atoms with Crippen molar-refractivity contribution in [2.45, 2.75) is 44.9 Å². The summed E-state index contributed by atoms with van der Waals surface area (Å²) in [6.45, 7) is 1.69. The van der Waals surface area contributed by atoms with Crippen LogP contribution in [0.1, 0.15) is 44.9 Å². The Morgan fingerprint density at radius 2 is 1.00 bits per heavy atom. The molecule has 0 amide bonds. The van der Waals surface area contributed by atoms with Crippen LogP contribution in [-0.2, 0) is 0 Å². The van der Waals surface area contributed by atoms with Gasteiger partial charge in [0.2, 0.25) is 0 Å². The van der Waals surface area contributed by atoms with Gasteiger partial charge in [0.25, 0.3) is 0 Å². The minimum absolute atomic E-state index is 0.493. The molecule has 0 atom stereocenters. The Morgan fingerprint density at radius 3 is 1.45 bits per heavy atom. The smallest absolute Gasteiger partial charge is 0.0768 e. The van der Waals surface area contributed by atoms with Gasteiger partial charge in [-0.2, -0.15) is 0 Å². The lowest BCUT2D eigenvalue weighted by atomic mass is 10.1. The molecule has 1 aliphatic rings. The Morgan fingerprint density at radius 1 is 0.636 bits per heavy atom. The van der Waals surface area contributed by atoms with Crippen molar-refractivity contribution in [1.82, 2.24) is 0 Å². The normalized spacial score (nSPS) is 24.8. The maximum Gasteiger partial charge on any atom is 0.0768 e. The Hall–Kier alpha value is -0.0800. The maximum absolute atomic E-state index is 11.1. The molecule has 1 fully saturated rings. The minimum Gasteiger partial charge on any atom is -0.634 e. The highest BCUT2D eigenvalue weighted by Gasteiger charge is 2.00. The molecule has 1 heterocycles. The summed E-state index contributed by atoms with van der Waals surface area (Å²) in [5.41, 5.74) is 0. The van der Waals surface area contributed by atoms with Gasteiger partial charge in [-0.1, -0.05) is 19.3 Å². The Bertz CT molecular complexity index is 85.6. The zero-order chi connectivity index (χ0) is 7.94. The first kappa shape index (κ1) is 9.01. The molecule has 66 valence electrons. The minimum atomic E-state index is 0.493. The van der Waals surface area contributed by atoms with Crippen molar-refractivity contribution >= 4 is 0 Å². The fourth-order valence-corrected chi connectivity index (χ4v) is 1.65. The summed E-state index contributed by atoms with van der Waals surface area (Å²) >= 11 is 0. The second-order valence-electron chi connectivity index (χ2n) is 3.51. The molecule has 0 unspecified atom stereocenters. The van der Waals surface area contributed by atoms with Crippen LogP contribution in [0.3, 0.4) is 0 Å². The highest BCUT2D eigenvalue weighted by Crippen LogP contribution is 2.06. The average molecular weight is 157 g/mol. The molecule has 0 aliphatic carbocycles. The lowest BCUT2D eigenvalue weighted by Crippen LogP contribution is -3.07. The van der Waals surface area contributed by atoms with Crippen molar-refractivity contribution in [2.75, 3.05) is 13.1 Å². The Balaban J connectivity index is 2.12. The van der Waals surface area contributed by atoms with Crippen molar-refractivity contribution in [3.8, 4) is 0 Å². The molecule has 1 saturated heterocycles. The van der Waals surface area contributed by atoms with Crippen molar-refractivity contribution in [1.29, 1.82) is 0 Å². The third-order valence-corrected chi connectivity index (χ3v) is 2.41. The molecule has 0 aromatic carbocycles. The van der Waals surface area contributed by atoms with Crippen LogP contribution < -0.4 is 5.06 Å². The number of hydroxylamine groups is 2. The van der Waals surface area contributed by atoms with E-state index in [4.69, 9.17) is 0 Å². The van der Waals surface area contributed by atoms with Gasteiger partial charge >= 0.3 is 0 Å². The molecule has 1 rings (SSSR count). The van der Waals surface area contributed by atoms with Crippen LogP contribution >= 0.6 is 0 Å². The summed E-state index contributed by atoms with van der Waals surface area (Å²) in [5.74, 6) is 0. The van der Waals surface area contributed by atoms with Gasteiger partial charge in [-0.25, -0.2) is 0 Å². The van der Waals surface area contributed by atoms with Gasteiger partial charge in [-0.3, -0.25) is 0 Å². The van der Waals surface area contributed by atoms with E-state index in [0.717, 1.165) is 25.9 Å². The molecular formula is C9H19NO. The monoisotopic (exact) mass is 157 g/mol. The standard InChI is InChI=1S/C9H19NO/c11-10-8-6-4-2-1-3-5-7-9-10/h10H,1-9H2. The van der Waals surface area contributed by atoms with E-state index in [1.807, 2.05) is 0 Å². The quantitative estimate of drug-likeness (QED) is 0.524. The lowest BCUT2D eigenvalue weighted by Gasteiger charge is -2.22. The first-order valence-electron chi connectivity index (χ1n) is 4.91. The van der Waals surface area contributed by atoms with Crippen molar-refractivity contribution < 1.29 is 5.06 Å². The van der Waals surface area contributed by atoms with Gasteiger partial charge in [0.15, 0.2) is 0 Å². The van der Waals surface area contributed by atoms with Crippen molar-refractivity contribution in [3.05, 3.63) is 5.21 Å². The van der Waals surface area contributed by atoms with E-state index in [1.165, 1.54) is 32.1 Å². The van der Waals surface area contributed by atoms with Crippen LogP contribution in [0, 0.1) is 5.21 Å². The van der Waals surface area contributed by atoms with Gasteiger partial charge in [0.05, 0.1) is 13.1 Å². The molecule has 1 N–H and O–H groups in total. The summed E-state index contributed by atoms with van der Waals surface area (Å²) in [6.07, 6.45) is 8.88. The third-order valence-electron chi connectivity index (χ3n) is 2.41. The number of nitrogens with one attached hydrogen (secondary N) is 1. The summed E-state index contributed by atoms with van der Waals surface area (Å²) in [6, 6.07) is 0. The Labute approximate surface area is 69.2 Å². The average Bonchev–Trinajstić information content (AvgIpc) is 2.03. The zero-order valence-corrected chi connectivity index (χ0v) is 7.27. The topological polar surface area (TPSA) is 27.5 Å². The predicted molar refractivity (Wildman–Crippen MR) is 46.4 cm³/mol. The molecule has 0 radical (unpaired) electrons. The molecule has 0 bridgehead atoms. The van der Waals surface area contributed by atoms with E-state index in [9.17, 15) is 5.21 Å². The second kappa shape index (κ2) is 5.56. The van der Waals surface area contributed by atoms with E-state index in [2.05, 4.69) is 0 Å². The van der Waals surface area contributed by atoms with Crippen molar-refractivity contribution in [2.24, 2.45) is 0 Å². The van der Waals surface area contributed by atoms with Crippen LogP contribution in [0.25, 0.3) is 0 Å². The van der Waals surface area contributed by atoms with E-state index in [1.54, 1.807) is 0 Å². The Kier molecular flexibility index (Phi) is 4.55. The zero-order valence-electron chi connectivity index (χ0n) is 7.27. The van der Waals surface area contributed by atoms with Crippen LogP contribution in [0.5, 0.6) is 0 Å². The molecule has 0 aromatic heterocycles. The van der Waals surface area contributed by atoms with Gasteiger partial charge in [-0.05, 0) is 25.7 Å². The van der Waals surface area contributed by atoms with Crippen LogP contribution in [0.4, 0.5) is 0 Å². The fraction of sp³-hybridized carbons (Fsp3) is 1.00. The molecule has 1 aliphatic heterocycles. The molecule has 2 nitrogen and oxygen atoms in total. The number of hydrogen-bond donors (Lipinski definition) is 1. The van der Waals surface area contributed by atoms with Crippen LogP contribution in [0.2, 0.25) is 0 Å². The first-order chi connectivity index (χ1) is 5.39. The number of rotatable bonds is 0. The molecular weight excluding hydrogens is 138 g/mol. The predicted octanol–water partition coefficient (Wildman–Crippen LogP) is 1.11. The lowest BCUT2D eigenvalue weighted by molar-refractivity contribution is -0.848. The van der Waals surface area contributed by atoms with Gasteiger partial charge in [0.1, 0.15) is 0 Å². The number of hydrogen-bond acceptors (Lipinski definition) is 1. The summed E-state index contributed by atoms with van der Waals surface area (Å²) in [4.78, 5) is 0. The third kappa shape index (κ3) is 4.38. The maximum atomic E-state index is 11.1. The van der Waals surface area contributed by atoms with E-state index < -0.39 is 0 Å². The van der Waals surface area contributed by atoms with Gasteiger partial charge in [-0.15, -0.1) is 0 Å². The van der Waals surface area contributed by atoms with E-state index in [-0.39, 0.29) is 0 Å². The molecule has 11 heavy (non-hydrogen) atoms. The SMILES string of the molecule is [O-][NH+]1CCCCCCCCC1. The highest BCUT2D eigenvalue weighted by atomic mass is 16.5. The molecule has 0 saturated carbocycles. The molecule has 0 aromatic rings. The molecule has 2 heteroatoms. The second-order valence-corrected chi connectivity index (χ2v) is 3.51.